The Morgan fingerprint density at radius 2 is 1.79 bits per heavy atom. The van der Waals surface area contributed by atoms with Crippen molar-refractivity contribution in [3.63, 3.8) is 0 Å². The predicted molar refractivity (Wildman–Crippen MR) is 93.7 cm³/mol. The largest absolute Gasteiger partial charge is 0.452 e. The van der Waals surface area contributed by atoms with Crippen molar-refractivity contribution < 1.29 is 14.3 Å². The quantitative estimate of drug-likeness (QED) is 0.632. The first-order valence-electron chi connectivity index (χ1n) is 7.26. The number of carbonyl (C=O) groups is 2. The molecule has 1 aromatic heterocycles. The molecular formula is C17H16Cl2N2O3. The molecule has 2 aromatic rings. The third-order valence-corrected chi connectivity index (χ3v) is 3.58. The van der Waals surface area contributed by atoms with Crippen LogP contribution in [0.4, 0.5) is 5.69 Å². The van der Waals surface area contributed by atoms with E-state index in [1.807, 2.05) is 32.0 Å². The van der Waals surface area contributed by atoms with E-state index in [0.717, 1.165) is 5.56 Å². The number of hydrogen-bond acceptors (Lipinski definition) is 4. The van der Waals surface area contributed by atoms with Crippen LogP contribution >= 0.6 is 23.2 Å². The zero-order valence-electron chi connectivity index (χ0n) is 13.2. The number of pyridine rings is 1. The van der Waals surface area contributed by atoms with Crippen molar-refractivity contribution in [2.45, 2.75) is 19.8 Å². The van der Waals surface area contributed by atoms with E-state index >= 15 is 0 Å². The molecule has 0 fully saturated rings. The van der Waals surface area contributed by atoms with E-state index in [4.69, 9.17) is 27.9 Å². The first-order valence-corrected chi connectivity index (χ1v) is 8.01. The molecule has 1 N–H and O–H groups in total. The number of para-hydroxylation sites is 1. The second-order valence-electron chi connectivity index (χ2n) is 5.37. The fourth-order valence-corrected chi connectivity index (χ4v) is 2.56. The van der Waals surface area contributed by atoms with Gasteiger partial charge in [0.25, 0.3) is 5.91 Å². The second-order valence-corrected chi connectivity index (χ2v) is 6.14. The average Bonchev–Trinajstić information content (AvgIpc) is 2.52. The number of benzene rings is 1. The molecule has 0 saturated heterocycles. The lowest BCUT2D eigenvalue weighted by Gasteiger charge is -2.13. The highest BCUT2D eigenvalue weighted by Crippen LogP contribution is 2.23. The molecule has 1 amide bonds. The highest BCUT2D eigenvalue weighted by Gasteiger charge is 2.14. The van der Waals surface area contributed by atoms with Crippen LogP contribution in [0.5, 0.6) is 0 Å². The third kappa shape index (κ3) is 4.94. The number of halogens is 2. The van der Waals surface area contributed by atoms with E-state index in [0.29, 0.717) is 5.69 Å². The molecule has 0 saturated carbocycles. The number of hydrogen-bond donors (Lipinski definition) is 1. The van der Waals surface area contributed by atoms with Crippen molar-refractivity contribution in [3.05, 3.63) is 57.8 Å². The van der Waals surface area contributed by atoms with Gasteiger partial charge in [0.15, 0.2) is 6.61 Å². The van der Waals surface area contributed by atoms with E-state index < -0.39 is 18.5 Å². The van der Waals surface area contributed by atoms with E-state index in [9.17, 15) is 9.59 Å². The number of nitrogens with one attached hydrogen (secondary N) is 1. The minimum absolute atomic E-state index is 0.0739. The zero-order valence-corrected chi connectivity index (χ0v) is 14.7. The van der Waals surface area contributed by atoms with Gasteiger partial charge in [-0.2, -0.15) is 0 Å². The van der Waals surface area contributed by atoms with Crippen LogP contribution in [-0.4, -0.2) is 23.5 Å². The minimum atomic E-state index is -0.700. The summed E-state index contributed by atoms with van der Waals surface area (Å²) in [5, 5.41) is 2.89. The Balaban J connectivity index is 1.97. The third-order valence-electron chi connectivity index (χ3n) is 3.19. The van der Waals surface area contributed by atoms with Crippen molar-refractivity contribution in [1.29, 1.82) is 0 Å². The summed E-state index contributed by atoms with van der Waals surface area (Å²) in [6, 6.07) is 10.1. The highest BCUT2D eigenvalue weighted by molar-refractivity contribution is 6.32. The summed E-state index contributed by atoms with van der Waals surface area (Å²) in [7, 11) is 0. The molecule has 7 heteroatoms. The summed E-state index contributed by atoms with van der Waals surface area (Å²) in [5.41, 5.74) is 1.84. The zero-order chi connectivity index (χ0) is 17.7. The van der Waals surface area contributed by atoms with Crippen molar-refractivity contribution in [2.75, 3.05) is 11.9 Å². The standard InChI is InChI=1S/C17H16Cl2N2O3/c1-10(2)12-5-3-4-6-13(12)20-16(22)9-24-17(23)11-7-14(18)21-15(19)8-11/h3-8,10H,9H2,1-2H3,(H,20,22). The van der Waals surface area contributed by atoms with E-state index in [1.165, 1.54) is 12.1 Å². The van der Waals surface area contributed by atoms with Gasteiger partial charge in [-0.1, -0.05) is 55.2 Å². The number of esters is 1. The number of amides is 1. The lowest BCUT2D eigenvalue weighted by Crippen LogP contribution is -2.21. The molecule has 0 aliphatic heterocycles. The van der Waals surface area contributed by atoms with Crippen LogP contribution in [0.25, 0.3) is 0 Å². The molecule has 0 unspecified atom stereocenters. The Labute approximate surface area is 149 Å². The number of anilines is 1. The van der Waals surface area contributed by atoms with Crippen LogP contribution in [-0.2, 0) is 9.53 Å². The van der Waals surface area contributed by atoms with Crippen LogP contribution in [0, 0.1) is 0 Å². The molecule has 0 aliphatic carbocycles. The molecule has 0 spiro atoms. The van der Waals surface area contributed by atoms with E-state index in [-0.39, 0.29) is 21.8 Å². The van der Waals surface area contributed by atoms with Gasteiger partial charge < -0.3 is 10.1 Å². The molecular weight excluding hydrogens is 351 g/mol. The molecule has 0 radical (unpaired) electrons. The lowest BCUT2D eigenvalue weighted by atomic mass is 10.0. The van der Waals surface area contributed by atoms with E-state index in [1.54, 1.807) is 6.07 Å². The first-order chi connectivity index (χ1) is 11.4. The highest BCUT2D eigenvalue weighted by atomic mass is 35.5. The number of ether oxygens (including phenoxy) is 1. The summed E-state index contributed by atoms with van der Waals surface area (Å²) in [5.74, 6) is -0.874. The normalized spacial score (nSPS) is 10.5. The predicted octanol–water partition coefficient (Wildman–Crippen LogP) is 4.31. The van der Waals surface area contributed by atoms with Crippen molar-refractivity contribution >= 4 is 40.8 Å². The fourth-order valence-electron chi connectivity index (χ4n) is 2.10. The Kier molecular flexibility index (Phi) is 6.17. The van der Waals surface area contributed by atoms with Gasteiger partial charge in [-0.15, -0.1) is 0 Å². The summed E-state index contributed by atoms with van der Waals surface area (Å²) >= 11 is 11.5. The van der Waals surface area contributed by atoms with Crippen LogP contribution in [0.15, 0.2) is 36.4 Å². The van der Waals surface area contributed by atoms with Gasteiger partial charge in [-0.3, -0.25) is 4.79 Å². The molecule has 24 heavy (non-hydrogen) atoms. The monoisotopic (exact) mass is 366 g/mol. The summed E-state index contributed by atoms with van der Waals surface area (Å²) in [4.78, 5) is 27.7. The number of carbonyl (C=O) groups excluding carboxylic acids is 2. The summed E-state index contributed by atoms with van der Waals surface area (Å²) < 4.78 is 4.98. The Morgan fingerprint density at radius 3 is 2.42 bits per heavy atom. The van der Waals surface area contributed by atoms with Crippen LogP contribution in [0.3, 0.4) is 0 Å². The maximum atomic E-state index is 12.0. The van der Waals surface area contributed by atoms with Crippen LogP contribution in [0.2, 0.25) is 10.3 Å². The maximum Gasteiger partial charge on any atom is 0.338 e. The number of nitrogens with zero attached hydrogens (tertiary/aromatic N) is 1. The van der Waals surface area contributed by atoms with Gasteiger partial charge in [-0.25, -0.2) is 9.78 Å². The number of rotatable bonds is 5. The van der Waals surface area contributed by atoms with Gasteiger partial charge in [0.1, 0.15) is 10.3 Å². The van der Waals surface area contributed by atoms with Gasteiger partial charge in [0, 0.05) is 5.69 Å². The van der Waals surface area contributed by atoms with Crippen molar-refractivity contribution in [1.82, 2.24) is 4.98 Å². The maximum absolute atomic E-state index is 12.0. The lowest BCUT2D eigenvalue weighted by molar-refractivity contribution is -0.119. The molecule has 2 rings (SSSR count). The molecule has 0 atom stereocenters. The average molecular weight is 367 g/mol. The molecule has 126 valence electrons. The first kappa shape index (κ1) is 18.2. The SMILES string of the molecule is CC(C)c1ccccc1NC(=O)COC(=O)c1cc(Cl)nc(Cl)c1. The minimum Gasteiger partial charge on any atom is -0.452 e. The summed E-state index contributed by atoms with van der Waals surface area (Å²) in [6.07, 6.45) is 0. The van der Waals surface area contributed by atoms with Gasteiger partial charge in [0.2, 0.25) is 0 Å². The smallest absolute Gasteiger partial charge is 0.338 e. The summed E-state index contributed by atoms with van der Waals surface area (Å²) in [6.45, 7) is 3.65. The molecule has 0 aliphatic rings. The fraction of sp³-hybridized carbons (Fsp3) is 0.235. The molecule has 1 heterocycles. The van der Waals surface area contributed by atoms with Gasteiger partial charge in [0.05, 0.1) is 5.56 Å². The van der Waals surface area contributed by atoms with Crippen LogP contribution < -0.4 is 5.32 Å². The molecule has 1 aromatic carbocycles. The Morgan fingerprint density at radius 1 is 1.17 bits per heavy atom. The topological polar surface area (TPSA) is 68.3 Å². The van der Waals surface area contributed by atoms with Crippen LogP contribution in [0.1, 0.15) is 35.7 Å². The Bertz CT molecular complexity index is 743. The molecule has 5 nitrogen and oxygen atoms in total. The van der Waals surface area contributed by atoms with Gasteiger partial charge in [-0.05, 0) is 29.7 Å². The van der Waals surface area contributed by atoms with E-state index in [2.05, 4.69) is 10.3 Å². The Hall–Kier alpha value is -2.11. The van der Waals surface area contributed by atoms with Crippen molar-refractivity contribution in [3.8, 4) is 0 Å². The van der Waals surface area contributed by atoms with Crippen molar-refractivity contribution in [2.24, 2.45) is 0 Å². The molecule has 0 bridgehead atoms. The van der Waals surface area contributed by atoms with Gasteiger partial charge >= 0.3 is 5.97 Å². The second kappa shape index (κ2) is 8.13. The number of aromatic nitrogens is 1.